The summed E-state index contributed by atoms with van der Waals surface area (Å²) in [5.41, 5.74) is 1.40. The normalized spacial score (nSPS) is 24.0. The molecule has 2 aliphatic heterocycles. The van der Waals surface area contributed by atoms with E-state index in [0.29, 0.717) is 37.5 Å². The van der Waals surface area contributed by atoms with Crippen LogP contribution in [-0.2, 0) is 4.79 Å². The Morgan fingerprint density at radius 1 is 1.31 bits per heavy atom. The number of likely N-dealkylation sites (tertiary alicyclic amines) is 1. The highest BCUT2D eigenvalue weighted by Crippen LogP contribution is 2.35. The molecule has 2 aromatic heterocycles. The van der Waals surface area contributed by atoms with Crippen LogP contribution in [0.25, 0.3) is 0 Å². The van der Waals surface area contributed by atoms with Crippen molar-refractivity contribution in [1.29, 1.82) is 0 Å². The lowest BCUT2D eigenvalue weighted by Crippen LogP contribution is -2.64. The maximum absolute atomic E-state index is 13.0. The van der Waals surface area contributed by atoms with Gasteiger partial charge in [-0.1, -0.05) is 0 Å². The van der Waals surface area contributed by atoms with E-state index in [-0.39, 0.29) is 17.4 Å². The van der Waals surface area contributed by atoms with Crippen LogP contribution in [-0.4, -0.2) is 60.4 Å². The number of furan rings is 1. The molecule has 1 atom stereocenters. The van der Waals surface area contributed by atoms with Crippen LogP contribution in [0.5, 0.6) is 0 Å². The number of amides is 2. The Hall–Kier alpha value is -2.12. The third-order valence-electron chi connectivity index (χ3n) is 5.64. The first-order chi connectivity index (χ1) is 12.4. The molecule has 0 saturated carbocycles. The summed E-state index contributed by atoms with van der Waals surface area (Å²) >= 11 is 1.59. The van der Waals surface area contributed by atoms with Crippen molar-refractivity contribution in [3.63, 3.8) is 0 Å². The van der Waals surface area contributed by atoms with Gasteiger partial charge in [0, 0.05) is 25.0 Å². The highest BCUT2D eigenvalue weighted by Gasteiger charge is 2.49. The van der Waals surface area contributed by atoms with Crippen LogP contribution in [0.2, 0.25) is 0 Å². The quantitative estimate of drug-likeness (QED) is 0.812. The van der Waals surface area contributed by atoms with Gasteiger partial charge in [-0.2, -0.15) is 11.3 Å². The Bertz CT molecular complexity index is 844. The molecular formula is C19H23N3O3S. The molecule has 4 heterocycles. The molecule has 6 nitrogen and oxygen atoms in total. The second-order valence-electron chi connectivity index (χ2n) is 7.35. The smallest absolute Gasteiger partial charge is 0.257 e. The van der Waals surface area contributed by atoms with Crippen molar-refractivity contribution in [1.82, 2.24) is 9.80 Å². The topological polar surface area (TPSA) is 57.0 Å². The molecule has 1 spiro atoms. The highest BCUT2D eigenvalue weighted by atomic mass is 32.1. The maximum atomic E-state index is 13.0. The van der Waals surface area contributed by atoms with E-state index in [1.165, 1.54) is 0 Å². The Kier molecular flexibility index (Phi) is 4.16. The number of nitrogens with zero attached hydrogens (tertiary/aromatic N) is 3. The Morgan fingerprint density at radius 3 is 2.77 bits per heavy atom. The summed E-state index contributed by atoms with van der Waals surface area (Å²) in [5.74, 6) is 1.55. The fourth-order valence-corrected chi connectivity index (χ4v) is 4.73. The summed E-state index contributed by atoms with van der Waals surface area (Å²) < 4.78 is 5.52. The van der Waals surface area contributed by atoms with E-state index in [9.17, 15) is 9.59 Å². The van der Waals surface area contributed by atoms with E-state index in [2.05, 4.69) is 4.90 Å². The highest BCUT2D eigenvalue weighted by molar-refractivity contribution is 7.08. The second-order valence-corrected chi connectivity index (χ2v) is 8.13. The lowest BCUT2D eigenvalue weighted by molar-refractivity contribution is -0.123. The molecule has 0 aromatic carbocycles. The zero-order valence-electron chi connectivity index (χ0n) is 15.3. The van der Waals surface area contributed by atoms with E-state index in [1.54, 1.807) is 11.3 Å². The van der Waals surface area contributed by atoms with Crippen LogP contribution in [0.4, 0.5) is 5.69 Å². The number of carbonyl (C=O) groups excluding carboxylic acids is 2. The molecule has 0 bridgehead atoms. The number of thiophene rings is 1. The van der Waals surface area contributed by atoms with E-state index in [4.69, 9.17) is 4.42 Å². The molecule has 2 aliphatic rings. The number of aryl methyl sites for hydroxylation is 2. The zero-order valence-corrected chi connectivity index (χ0v) is 16.1. The zero-order chi connectivity index (χ0) is 18.5. The molecule has 0 N–H and O–H groups in total. The molecule has 0 unspecified atom stereocenters. The van der Waals surface area contributed by atoms with Crippen LogP contribution in [0.1, 0.15) is 28.3 Å². The maximum Gasteiger partial charge on any atom is 0.257 e. The van der Waals surface area contributed by atoms with Gasteiger partial charge in [0.15, 0.2) is 0 Å². The minimum absolute atomic E-state index is 0.0172. The van der Waals surface area contributed by atoms with Gasteiger partial charge in [0.05, 0.1) is 23.3 Å². The van der Waals surface area contributed by atoms with Crippen molar-refractivity contribution in [3.05, 3.63) is 40.0 Å². The molecule has 2 amide bonds. The van der Waals surface area contributed by atoms with Gasteiger partial charge in [0.1, 0.15) is 11.5 Å². The molecule has 138 valence electrons. The SMILES string of the molecule is Cc1cc(C(=O)N2CC[C@@]3(C2)CN(c2ccsc2)C(=O)CN3C)c(C)o1. The van der Waals surface area contributed by atoms with Gasteiger partial charge in [-0.15, -0.1) is 0 Å². The molecule has 2 fully saturated rings. The number of piperazine rings is 1. The van der Waals surface area contributed by atoms with Crippen LogP contribution >= 0.6 is 11.3 Å². The van der Waals surface area contributed by atoms with Crippen molar-refractivity contribution >= 4 is 28.8 Å². The molecular weight excluding hydrogens is 350 g/mol. The summed E-state index contributed by atoms with van der Waals surface area (Å²) in [6, 6.07) is 3.80. The Labute approximate surface area is 157 Å². The lowest BCUT2D eigenvalue weighted by Gasteiger charge is -2.46. The fourth-order valence-electron chi connectivity index (χ4n) is 4.09. The average molecular weight is 373 g/mol. The van der Waals surface area contributed by atoms with Gasteiger partial charge >= 0.3 is 0 Å². The number of anilines is 1. The predicted octanol–water partition coefficient (Wildman–Crippen LogP) is 2.52. The van der Waals surface area contributed by atoms with Gasteiger partial charge in [0.2, 0.25) is 5.91 Å². The van der Waals surface area contributed by atoms with Gasteiger partial charge in [-0.3, -0.25) is 14.5 Å². The first-order valence-electron chi connectivity index (χ1n) is 8.80. The number of hydrogen-bond donors (Lipinski definition) is 0. The second kappa shape index (κ2) is 6.25. The summed E-state index contributed by atoms with van der Waals surface area (Å²) in [6.07, 6.45) is 0.860. The summed E-state index contributed by atoms with van der Waals surface area (Å²) in [6.45, 7) is 6.00. The van der Waals surface area contributed by atoms with Crippen LogP contribution in [0.3, 0.4) is 0 Å². The van der Waals surface area contributed by atoms with Crippen LogP contribution in [0, 0.1) is 13.8 Å². The minimum Gasteiger partial charge on any atom is -0.466 e. The molecule has 2 saturated heterocycles. The third kappa shape index (κ3) is 2.75. The number of rotatable bonds is 2. The minimum atomic E-state index is -0.196. The van der Waals surface area contributed by atoms with Crippen molar-refractivity contribution in [2.45, 2.75) is 25.8 Å². The molecule has 2 aromatic rings. The first kappa shape index (κ1) is 17.3. The van der Waals surface area contributed by atoms with Gasteiger partial charge in [-0.05, 0) is 44.8 Å². The van der Waals surface area contributed by atoms with Crippen molar-refractivity contribution < 1.29 is 14.0 Å². The molecule has 4 rings (SSSR count). The largest absolute Gasteiger partial charge is 0.466 e. The monoisotopic (exact) mass is 373 g/mol. The van der Waals surface area contributed by atoms with E-state index >= 15 is 0 Å². The van der Waals surface area contributed by atoms with Gasteiger partial charge in [0.25, 0.3) is 5.91 Å². The Balaban J connectivity index is 1.56. The summed E-state index contributed by atoms with van der Waals surface area (Å²) in [4.78, 5) is 31.4. The molecule has 0 aliphatic carbocycles. The first-order valence-corrected chi connectivity index (χ1v) is 9.74. The van der Waals surface area contributed by atoms with Crippen molar-refractivity contribution in [2.75, 3.05) is 38.1 Å². The van der Waals surface area contributed by atoms with Gasteiger partial charge < -0.3 is 14.2 Å². The summed E-state index contributed by atoms with van der Waals surface area (Å²) in [7, 11) is 1.99. The lowest BCUT2D eigenvalue weighted by atomic mass is 9.93. The number of hydrogen-bond acceptors (Lipinski definition) is 5. The molecule has 26 heavy (non-hydrogen) atoms. The molecule has 0 radical (unpaired) electrons. The van der Waals surface area contributed by atoms with Crippen LogP contribution < -0.4 is 4.90 Å². The van der Waals surface area contributed by atoms with Gasteiger partial charge in [-0.25, -0.2) is 0 Å². The van der Waals surface area contributed by atoms with E-state index < -0.39 is 0 Å². The van der Waals surface area contributed by atoms with E-state index in [1.807, 2.05) is 53.6 Å². The van der Waals surface area contributed by atoms with Crippen LogP contribution in [0.15, 0.2) is 27.3 Å². The van der Waals surface area contributed by atoms with Crippen molar-refractivity contribution in [2.24, 2.45) is 0 Å². The molecule has 7 heteroatoms. The van der Waals surface area contributed by atoms with Crippen molar-refractivity contribution in [3.8, 4) is 0 Å². The average Bonchev–Trinajstić information content (AvgIpc) is 3.31. The third-order valence-corrected chi connectivity index (χ3v) is 6.32. The predicted molar refractivity (Wildman–Crippen MR) is 101 cm³/mol. The standard InChI is InChI=1S/C19H23N3O3S/c1-13-8-16(14(2)25-13)18(24)21-6-5-19(11-21)12-22(15-4-7-26-10-15)17(23)9-20(19)3/h4,7-8,10H,5-6,9,11-12H2,1-3H3/t19-/m1/s1. The number of carbonyl (C=O) groups is 2. The Morgan fingerprint density at radius 2 is 2.12 bits per heavy atom. The number of likely N-dealkylation sites (N-methyl/N-ethyl adjacent to an activating group) is 1. The van der Waals surface area contributed by atoms with E-state index in [0.717, 1.165) is 17.9 Å². The fraction of sp³-hybridized carbons (Fsp3) is 0.474. The summed E-state index contributed by atoms with van der Waals surface area (Å²) in [5, 5.41) is 3.99.